The second-order valence-corrected chi connectivity index (χ2v) is 7.40. The topological polar surface area (TPSA) is 66.2 Å². The van der Waals surface area contributed by atoms with E-state index in [-0.39, 0.29) is 11.5 Å². The van der Waals surface area contributed by atoms with Gasteiger partial charge in [0.2, 0.25) is 0 Å². The number of ether oxygens (including phenoxy) is 2. The number of hydrogen-bond donors (Lipinski definition) is 0. The predicted molar refractivity (Wildman–Crippen MR) is 109 cm³/mol. The molecule has 0 atom stereocenters. The molecule has 28 heavy (non-hydrogen) atoms. The number of Topliss-reactive ketones (excluding diaryl/α,β-unsaturated/α-hetero) is 1. The Kier molecular flexibility index (Phi) is 6.36. The standard InChI is InChI=1S/C21H23N3O3S/c1-14-5-6-15(2)19(11-14)27-12-20-22-23-21(24(20)3)28-13-18(25)16-7-9-17(26-4)10-8-16/h5-11H,12-13H2,1-4H3. The fourth-order valence-corrected chi connectivity index (χ4v) is 3.42. The van der Waals surface area contributed by atoms with Gasteiger partial charge in [-0.2, -0.15) is 0 Å². The Morgan fingerprint density at radius 2 is 1.86 bits per heavy atom. The molecular weight excluding hydrogens is 374 g/mol. The quantitative estimate of drug-likeness (QED) is 0.423. The van der Waals surface area contributed by atoms with E-state index in [1.165, 1.54) is 11.8 Å². The Hall–Kier alpha value is -2.80. The molecule has 7 heteroatoms. The number of rotatable bonds is 8. The number of aryl methyl sites for hydroxylation is 2. The molecule has 0 aliphatic carbocycles. The highest BCUT2D eigenvalue weighted by Gasteiger charge is 2.13. The predicted octanol–water partition coefficient (Wildman–Crippen LogP) is 3.99. The van der Waals surface area contributed by atoms with Crippen molar-refractivity contribution >= 4 is 17.5 Å². The summed E-state index contributed by atoms with van der Waals surface area (Å²) in [4.78, 5) is 12.4. The molecule has 0 radical (unpaired) electrons. The zero-order valence-corrected chi connectivity index (χ0v) is 17.2. The fourth-order valence-electron chi connectivity index (χ4n) is 2.59. The van der Waals surface area contributed by atoms with Crippen LogP contribution in [-0.2, 0) is 13.7 Å². The van der Waals surface area contributed by atoms with Crippen LogP contribution >= 0.6 is 11.8 Å². The van der Waals surface area contributed by atoms with Crippen molar-refractivity contribution in [2.75, 3.05) is 12.9 Å². The van der Waals surface area contributed by atoms with Gasteiger partial charge in [0.15, 0.2) is 16.8 Å². The summed E-state index contributed by atoms with van der Waals surface area (Å²) in [5, 5.41) is 9.06. The molecule has 0 amide bonds. The van der Waals surface area contributed by atoms with Gasteiger partial charge in [-0.3, -0.25) is 4.79 Å². The maximum absolute atomic E-state index is 12.4. The smallest absolute Gasteiger partial charge is 0.191 e. The van der Waals surface area contributed by atoms with Gasteiger partial charge in [0.25, 0.3) is 0 Å². The van der Waals surface area contributed by atoms with Crippen LogP contribution < -0.4 is 9.47 Å². The third-order valence-corrected chi connectivity index (χ3v) is 5.39. The van der Waals surface area contributed by atoms with E-state index in [0.717, 1.165) is 22.6 Å². The fraction of sp³-hybridized carbons (Fsp3) is 0.286. The summed E-state index contributed by atoms with van der Waals surface area (Å²) >= 11 is 1.36. The number of hydrogen-bond acceptors (Lipinski definition) is 6. The first-order valence-corrected chi connectivity index (χ1v) is 9.85. The SMILES string of the molecule is COc1ccc(C(=O)CSc2nnc(COc3cc(C)ccc3C)n2C)cc1. The van der Waals surface area contributed by atoms with Gasteiger partial charge in [-0.05, 0) is 55.3 Å². The highest BCUT2D eigenvalue weighted by molar-refractivity contribution is 7.99. The molecule has 0 N–H and O–H groups in total. The van der Waals surface area contributed by atoms with E-state index in [9.17, 15) is 4.79 Å². The summed E-state index contributed by atoms with van der Waals surface area (Å²) in [6, 6.07) is 13.2. The molecule has 1 heterocycles. The summed E-state index contributed by atoms with van der Waals surface area (Å²) in [5.74, 6) is 2.60. The monoisotopic (exact) mass is 397 g/mol. The molecule has 0 aliphatic rings. The van der Waals surface area contributed by atoms with Gasteiger partial charge in [0.1, 0.15) is 18.1 Å². The highest BCUT2D eigenvalue weighted by Crippen LogP contribution is 2.22. The number of aromatic nitrogens is 3. The molecule has 0 spiro atoms. The zero-order valence-electron chi connectivity index (χ0n) is 16.4. The Balaban J connectivity index is 1.59. The summed E-state index contributed by atoms with van der Waals surface area (Å²) in [7, 11) is 3.48. The molecule has 1 aromatic heterocycles. The van der Waals surface area contributed by atoms with Crippen molar-refractivity contribution in [1.82, 2.24) is 14.8 Å². The van der Waals surface area contributed by atoms with Crippen LogP contribution in [0.25, 0.3) is 0 Å². The minimum absolute atomic E-state index is 0.0313. The normalized spacial score (nSPS) is 10.7. The van der Waals surface area contributed by atoms with E-state index in [0.29, 0.717) is 23.2 Å². The molecule has 0 unspecified atom stereocenters. The first-order valence-electron chi connectivity index (χ1n) is 8.86. The maximum atomic E-state index is 12.4. The molecule has 0 bridgehead atoms. The van der Waals surface area contributed by atoms with Crippen LogP contribution in [0.15, 0.2) is 47.6 Å². The Labute approximate surface area is 168 Å². The number of carbonyl (C=O) groups excluding carboxylic acids is 1. The van der Waals surface area contributed by atoms with Crippen molar-refractivity contribution in [3.63, 3.8) is 0 Å². The lowest BCUT2D eigenvalue weighted by atomic mass is 10.1. The molecule has 0 saturated heterocycles. The van der Waals surface area contributed by atoms with Crippen molar-refractivity contribution in [1.29, 1.82) is 0 Å². The lowest BCUT2D eigenvalue weighted by Crippen LogP contribution is -2.06. The number of methoxy groups -OCH3 is 1. The summed E-state index contributed by atoms with van der Waals surface area (Å²) < 4.78 is 12.9. The van der Waals surface area contributed by atoms with Gasteiger partial charge in [0, 0.05) is 12.6 Å². The molecule has 3 aromatic rings. The first kappa shape index (κ1) is 19.9. The van der Waals surface area contributed by atoms with Gasteiger partial charge >= 0.3 is 0 Å². The minimum Gasteiger partial charge on any atom is -0.497 e. The van der Waals surface area contributed by atoms with Gasteiger partial charge < -0.3 is 14.0 Å². The summed E-state index contributed by atoms with van der Waals surface area (Å²) in [6.45, 7) is 4.36. The van der Waals surface area contributed by atoms with Crippen LogP contribution in [0.5, 0.6) is 11.5 Å². The third-order valence-electron chi connectivity index (χ3n) is 4.37. The van der Waals surface area contributed by atoms with Crippen molar-refractivity contribution < 1.29 is 14.3 Å². The maximum Gasteiger partial charge on any atom is 0.191 e. The molecule has 6 nitrogen and oxygen atoms in total. The van der Waals surface area contributed by atoms with Crippen LogP contribution in [0.2, 0.25) is 0 Å². The molecule has 0 saturated carbocycles. The van der Waals surface area contributed by atoms with E-state index in [2.05, 4.69) is 16.3 Å². The van der Waals surface area contributed by atoms with E-state index in [4.69, 9.17) is 9.47 Å². The van der Waals surface area contributed by atoms with Crippen LogP contribution in [0.1, 0.15) is 27.3 Å². The molecular formula is C21H23N3O3S. The average molecular weight is 398 g/mol. The average Bonchev–Trinajstić information content (AvgIpc) is 3.06. The molecule has 146 valence electrons. The number of thioether (sulfide) groups is 1. The lowest BCUT2D eigenvalue weighted by Gasteiger charge is -2.10. The highest BCUT2D eigenvalue weighted by atomic mass is 32.2. The van der Waals surface area contributed by atoms with E-state index < -0.39 is 0 Å². The molecule has 2 aromatic carbocycles. The number of nitrogens with zero attached hydrogens (tertiary/aromatic N) is 3. The summed E-state index contributed by atoms with van der Waals surface area (Å²) in [5.41, 5.74) is 2.87. The Morgan fingerprint density at radius 1 is 1.11 bits per heavy atom. The Morgan fingerprint density at radius 3 is 2.57 bits per heavy atom. The van der Waals surface area contributed by atoms with Crippen LogP contribution in [0.4, 0.5) is 0 Å². The van der Waals surface area contributed by atoms with Crippen LogP contribution in [0.3, 0.4) is 0 Å². The number of carbonyl (C=O) groups is 1. The summed E-state index contributed by atoms with van der Waals surface area (Å²) in [6.07, 6.45) is 0. The van der Waals surface area contributed by atoms with Crippen molar-refractivity contribution in [2.45, 2.75) is 25.6 Å². The molecule has 0 aliphatic heterocycles. The number of ketones is 1. The second-order valence-electron chi connectivity index (χ2n) is 6.46. The van der Waals surface area contributed by atoms with Crippen LogP contribution in [-0.4, -0.2) is 33.4 Å². The molecule has 3 rings (SSSR count). The van der Waals surface area contributed by atoms with Gasteiger partial charge in [-0.1, -0.05) is 23.9 Å². The van der Waals surface area contributed by atoms with Gasteiger partial charge in [-0.15, -0.1) is 10.2 Å². The third kappa shape index (κ3) is 4.72. The Bertz CT molecular complexity index is 968. The first-order chi connectivity index (χ1) is 13.5. The van der Waals surface area contributed by atoms with Gasteiger partial charge in [0.05, 0.1) is 12.9 Å². The van der Waals surface area contributed by atoms with Crippen LogP contribution in [0, 0.1) is 13.8 Å². The zero-order chi connectivity index (χ0) is 20.1. The van der Waals surface area contributed by atoms with Crippen molar-refractivity contribution in [2.24, 2.45) is 7.05 Å². The second kappa shape index (κ2) is 8.93. The van der Waals surface area contributed by atoms with Gasteiger partial charge in [-0.25, -0.2) is 0 Å². The number of benzene rings is 2. The molecule has 0 fully saturated rings. The van der Waals surface area contributed by atoms with E-state index >= 15 is 0 Å². The van der Waals surface area contributed by atoms with E-state index in [1.807, 2.05) is 37.6 Å². The lowest BCUT2D eigenvalue weighted by molar-refractivity contribution is 0.102. The largest absolute Gasteiger partial charge is 0.497 e. The van der Waals surface area contributed by atoms with Crippen molar-refractivity contribution in [3.05, 3.63) is 65.0 Å². The van der Waals surface area contributed by atoms with E-state index in [1.54, 1.807) is 31.4 Å². The van der Waals surface area contributed by atoms with Crippen molar-refractivity contribution in [3.8, 4) is 11.5 Å². The minimum atomic E-state index is 0.0313.